The lowest BCUT2D eigenvalue weighted by atomic mass is 9.96. The van der Waals surface area contributed by atoms with Crippen LogP contribution in [0.3, 0.4) is 0 Å². The molecule has 2 unspecified atom stereocenters. The van der Waals surface area contributed by atoms with E-state index in [1.54, 1.807) is 0 Å². The molecule has 2 atom stereocenters. The van der Waals surface area contributed by atoms with Crippen LogP contribution in [-0.2, 0) is 0 Å². The zero-order valence-corrected chi connectivity index (χ0v) is 4.44. The molecule has 1 aliphatic heterocycles. The van der Waals surface area contributed by atoms with E-state index in [2.05, 4.69) is 19.2 Å². The van der Waals surface area contributed by atoms with Crippen LogP contribution in [0.2, 0.25) is 0 Å². The lowest BCUT2D eigenvalue weighted by Gasteiger charge is -2.26. The molecular weight excluding hydrogens is 74.1 g/mol. The van der Waals surface area contributed by atoms with E-state index in [1.807, 2.05) is 0 Å². The predicted octanol–water partition coefficient (Wildman–Crippen LogP) is -0.412. The average molecular weight is 86.2 g/mol. The Morgan fingerprint density at radius 3 is 2.00 bits per heavy atom. The molecule has 2 N–H and O–H groups in total. The summed E-state index contributed by atoms with van der Waals surface area (Å²) >= 11 is 0. The molecule has 1 heteroatoms. The summed E-state index contributed by atoms with van der Waals surface area (Å²) < 4.78 is 0. The number of quaternary nitrogens is 1. The highest BCUT2D eigenvalue weighted by atomic mass is 15.0. The van der Waals surface area contributed by atoms with Gasteiger partial charge in [-0.1, -0.05) is 6.92 Å². The first-order valence-corrected chi connectivity index (χ1v) is 2.64. The molecule has 1 rings (SSSR count). The Balaban J connectivity index is 2.20. The second-order valence-electron chi connectivity index (χ2n) is 2.31. The van der Waals surface area contributed by atoms with Crippen molar-refractivity contribution in [1.29, 1.82) is 0 Å². The summed E-state index contributed by atoms with van der Waals surface area (Å²) in [5.74, 6) is 0.977. The zero-order valence-electron chi connectivity index (χ0n) is 4.44. The Labute approximate surface area is 38.7 Å². The fraction of sp³-hybridized carbons (Fsp3) is 1.00. The van der Waals surface area contributed by atoms with Crippen molar-refractivity contribution in [2.45, 2.75) is 19.9 Å². The lowest BCUT2D eigenvalue weighted by Crippen LogP contribution is -3.01. The summed E-state index contributed by atoms with van der Waals surface area (Å²) in [6, 6.07) is 0.907. The van der Waals surface area contributed by atoms with Crippen LogP contribution in [0.4, 0.5) is 0 Å². The van der Waals surface area contributed by atoms with Crippen LogP contribution in [0.15, 0.2) is 0 Å². The van der Waals surface area contributed by atoms with E-state index in [9.17, 15) is 0 Å². The Bertz CT molecular complexity index is 43.9. The average Bonchev–Trinajstić information content (AvgIpc) is 1.61. The summed E-state index contributed by atoms with van der Waals surface area (Å²) in [6.07, 6.45) is 0. The Kier molecular flexibility index (Phi) is 0.845. The highest BCUT2D eigenvalue weighted by Gasteiger charge is 2.25. The molecule has 0 aromatic heterocycles. The largest absolute Gasteiger partial charge is 0.343 e. The first kappa shape index (κ1) is 4.13. The van der Waals surface area contributed by atoms with E-state index < -0.39 is 0 Å². The standard InChI is InChI=1S/C5H11N/c1-4-3-6-5(4)2/h4-6H,3H2,1-2H3/p+1. The third kappa shape index (κ3) is 0.432. The van der Waals surface area contributed by atoms with Crippen LogP contribution in [0, 0.1) is 5.92 Å². The number of nitrogens with two attached hydrogens (primary N) is 1. The van der Waals surface area contributed by atoms with Gasteiger partial charge in [-0.25, -0.2) is 0 Å². The normalized spacial score (nSPS) is 45.0. The Hall–Kier alpha value is -0.0400. The minimum absolute atomic E-state index is 0.907. The highest BCUT2D eigenvalue weighted by Crippen LogP contribution is 1.99. The second kappa shape index (κ2) is 1.23. The molecule has 6 heavy (non-hydrogen) atoms. The molecule has 0 aromatic rings. The van der Waals surface area contributed by atoms with Crippen LogP contribution in [0.25, 0.3) is 0 Å². The minimum atomic E-state index is 0.907. The van der Waals surface area contributed by atoms with Crippen molar-refractivity contribution in [3.63, 3.8) is 0 Å². The monoisotopic (exact) mass is 86.1 g/mol. The van der Waals surface area contributed by atoms with Crippen molar-refractivity contribution in [3.05, 3.63) is 0 Å². The van der Waals surface area contributed by atoms with Crippen molar-refractivity contribution < 1.29 is 5.32 Å². The summed E-state index contributed by atoms with van der Waals surface area (Å²) in [6.45, 7) is 5.92. The van der Waals surface area contributed by atoms with Gasteiger partial charge in [0.1, 0.15) is 0 Å². The summed E-state index contributed by atoms with van der Waals surface area (Å²) in [5, 5.41) is 2.37. The molecule has 0 aromatic carbocycles. The summed E-state index contributed by atoms with van der Waals surface area (Å²) in [4.78, 5) is 0. The second-order valence-corrected chi connectivity index (χ2v) is 2.31. The maximum Gasteiger partial charge on any atom is 0.0910 e. The molecule has 1 nitrogen and oxygen atoms in total. The predicted molar refractivity (Wildman–Crippen MR) is 25.4 cm³/mol. The molecule has 0 aliphatic carbocycles. The van der Waals surface area contributed by atoms with Crippen LogP contribution in [0.1, 0.15) is 13.8 Å². The van der Waals surface area contributed by atoms with Crippen molar-refractivity contribution in [2.75, 3.05) is 6.54 Å². The Morgan fingerprint density at radius 1 is 1.50 bits per heavy atom. The van der Waals surface area contributed by atoms with Crippen LogP contribution < -0.4 is 5.32 Å². The molecule has 0 spiro atoms. The fourth-order valence-corrected chi connectivity index (χ4v) is 0.680. The zero-order chi connectivity index (χ0) is 4.57. The van der Waals surface area contributed by atoms with Crippen LogP contribution in [0.5, 0.6) is 0 Å². The van der Waals surface area contributed by atoms with E-state index in [4.69, 9.17) is 0 Å². The summed E-state index contributed by atoms with van der Waals surface area (Å²) in [7, 11) is 0. The van der Waals surface area contributed by atoms with Crippen LogP contribution >= 0.6 is 0 Å². The lowest BCUT2D eigenvalue weighted by molar-refractivity contribution is -0.756. The van der Waals surface area contributed by atoms with Crippen molar-refractivity contribution in [1.82, 2.24) is 0 Å². The van der Waals surface area contributed by atoms with E-state index in [-0.39, 0.29) is 0 Å². The molecular formula is C5H12N+. The highest BCUT2D eigenvalue weighted by molar-refractivity contribution is 4.62. The van der Waals surface area contributed by atoms with Gasteiger partial charge in [-0.3, -0.25) is 0 Å². The van der Waals surface area contributed by atoms with Gasteiger partial charge in [0.25, 0.3) is 0 Å². The summed E-state index contributed by atoms with van der Waals surface area (Å²) in [5.41, 5.74) is 0. The molecule has 0 saturated carbocycles. The van der Waals surface area contributed by atoms with Gasteiger partial charge in [0.15, 0.2) is 0 Å². The smallest absolute Gasteiger partial charge is 0.0910 e. The van der Waals surface area contributed by atoms with Crippen molar-refractivity contribution >= 4 is 0 Å². The van der Waals surface area contributed by atoms with Gasteiger partial charge in [0, 0.05) is 0 Å². The van der Waals surface area contributed by atoms with Crippen molar-refractivity contribution in [2.24, 2.45) is 5.92 Å². The van der Waals surface area contributed by atoms with Gasteiger partial charge in [-0.15, -0.1) is 0 Å². The maximum atomic E-state index is 2.37. The molecule has 0 bridgehead atoms. The molecule has 1 heterocycles. The first-order chi connectivity index (χ1) is 2.80. The van der Waals surface area contributed by atoms with Gasteiger partial charge in [0.05, 0.1) is 18.5 Å². The molecule has 0 radical (unpaired) electrons. The minimum Gasteiger partial charge on any atom is -0.343 e. The van der Waals surface area contributed by atoms with E-state index in [0.29, 0.717) is 0 Å². The van der Waals surface area contributed by atoms with Gasteiger partial charge in [-0.05, 0) is 6.92 Å². The number of hydrogen-bond donors (Lipinski definition) is 1. The van der Waals surface area contributed by atoms with Gasteiger partial charge < -0.3 is 5.32 Å². The topological polar surface area (TPSA) is 16.6 Å². The molecule has 1 saturated heterocycles. The quantitative estimate of drug-likeness (QED) is 0.412. The van der Waals surface area contributed by atoms with Gasteiger partial charge >= 0.3 is 0 Å². The van der Waals surface area contributed by atoms with Crippen molar-refractivity contribution in [3.8, 4) is 0 Å². The SMILES string of the molecule is CC1C[NH2+]C1C. The third-order valence-electron chi connectivity index (χ3n) is 1.78. The van der Waals surface area contributed by atoms with E-state index >= 15 is 0 Å². The van der Waals surface area contributed by atoms with E-state index in [0.717, 1.165) is 12.0 Å². The van der Waals surface area contributed by atoms with Crippen LogP contribution in [-0.4, -0.2) is 12.6 Å². The fourth-order valence-electron chi connectivity index (χ4n) is 0.680. The van der Waals surface area contributed by atoms with Gasteiger partial charge in [0.2, 0.25) is 0 Å². The Morgan fingerprint density at radius 2 is 2.00 bits per heavy atom. The van der Waals surface area contributed by atoms with Gasteiger partial charge in [-0.2, -0.15) is 0 Å². The number of rotatable bonds is 0. The third-order valence-corrected chi connectivity index (χ3v) is 1.78. The maximum absolute atomic E-state index is 2.37. The molecule has 1 fully saturated rings. The molecule has 0 amide bonds. The number of hydrogen-bond acceptors (Lipinski definition) is 0. The molecule has 1 aliphatic rings. The molecule has 36 valence electrons. The van der Waals surface area contributed by atoms with E-state index in [1.165, 1.54) is 6.54 Å². The first-order valence-electron chi connectivity index (χ1n) is 2.64.